The number of esters is 2. The van der Waals surface area contributed by atoms with E-state index in [9.17, 15) is 9.59 Å². The fraction of sp³-hybridized carbons (Fsp3) is 0.250. The van der Waals surface area contributed by atoms with Crippen molar-refractivity contribution in [1.82, 2.24) is 0 Å². The zero-order chi connectivity index (χ0) is 24.8. The molecule has 0 aliphatic heterocycles. The summed E-state index contributed by atoms with van der Waals surface area (Å²) in [6, 6.07) is 22.1. The summed E-state index contributed by atoms with van der Waals surface area (Å²) in [5.41, 5.74) is 4.92. The minimum Gasteiger partial charge on any atom is -0.455 e. The van der Waals surface area contributed by atoms with Crippen molar-refractivity contribution >= 4 is 11.9 Å². The molecule has 6 atom stereocenters. The van der Waals surface area contributed by atoms with E-state index in [1.807, 2.05) is 0 Å². The summed E-state index contributed by atoms with van der Waals surface area (Å²) in [4.78, 5) is 26.3. The van der Waals surface area contributed by atoms with Gasteiger partial charge in [0, 0.05) is 23.0 Å². The van der Waals surface area contributed by atoms with Crippen LogP contribution in [0.1, 0.15) is 55.3 Å². The zero-order valence-corrected chi connectivity index (χ0v) is 19.6. The van der Waals surface area contributed by atoms with E-state index in [1.165, 1.54) is 11.1 Å². The van der Waals surface area contributed by atoms with Crippen molar-refractivity contribution in [2.45, 2.75) is 31.0 Å². The highest BCUT2D eigenvalue weighted by atomic mass is 16.6. The average Bonchev–Trinajstić information content (AvgIpc) is 3.58. The molecule has 4 nitrogen and oxygen atoms in total. The molecule has 0 saturated heterocycles. The Morgan fingerprint density at radius 3 is 1.78 bits per heavy atom. The SMILES string of the molecule is C#Cc1ccc(C(=O)OC2C3CC(C2OC(=O)c2ccc(C#C)cc2)C2c4ccccc4CC32)cc1. The van der Waals surface area contributed by atoms with Gasteiger partial charge in [0.2, 0.25) is 0 Å². The van der Waals surface area contributed by atoms with Gasteiger partial charge in [-0.1, -0.05) is 36.1 Å². The number of hydrogen-bond donors (Lipinski definition) is 0. The molecule has 0 N–H and O–H groups in total. The van der Waals surface area contributed by atoms with Gasteiger partial charge in [0.05, 0.1) is 11.1 Å². The fourth-order valence-electron chi connectivity index (χ4n) is 6.56. The molecule has 2 bridgehead atoms. The Morgan fingerprint density at radius 2 is 1.22 bits per heavy atom. The van der Waals surface area contributed by atoms with Gasteiger partial charge in [0.15, 0.2) is 0 Å². The van der Waals surface area contributed by atoms with Gasteiger partial charge in [-0.05, 0) is 84.3 Å². The lowest BCUT2D eigenvalue weighted by Crippen LogP contribution is -2.45. The van der Waals surface area contributed by atoms with Crippen LogP contribution in [0.5, 0.6) is 0 Å². The topological polar surface area (TPSA) is 52.6 Å². The molecule has 0 spiro atoms. The summed E-state index contributed by atoms with van der Waals surface area (Å²) in [7, 11) is 0. The van der Waals surface area contributed by atoms with Crippen LogP contribution in [0.2, 0.25) is 0 Å². The van der Waals surface area contributed by atoms with Crippen molar-refractivity contribution in [3.8, 4) is 24.7 Å². The van der Waals surface area contributed by atoms with Gasteiger partial charge in [0.1, 0.15) is 12.2 Å². The van der Waals surface area contributed by atoms with E-state index in [0.29, 0.717) is 34.1 Å². The fourth-order valence-corrected chi connectivity index (χ4v) is 6.56. The Morgan fingerprint density at radius 1 is 0.694 bits per heavy atom. The van der Waals surface area contributed by atoms with Crippen LogP contribution in [-0.2, 0) is 15.9 Å². The van der Waals surface area contributed by atoms with Crippen LogP contribution in [0.15, 0.2) is 72.8 Å². The number of terminal acetylenes is 2. The van der Waals surface area contributed by atoms with E-state index >= 15 is 0 Å². The Kier molecular flexibility index (Phi) is 5.39. The number of rotatable bonds is 4. The molecule has 0 amide bonds. The summed E-state index contributed by atoms with van der Waals surface area (Å²) in [5.74, 6) is 5.15. The number of hydrogen-bond acceptors (Lipinski definition) is 4. The first-order valence-corrected chi connectivity index (χ1v) is 12.2. The maximum Gasteiger partial charge on any atom is 0.338 e. The molecule has 6 unspecified atom stereocenters. The van der Waals surface area contributed by atoms with E-state index < -0.39 is 24.1 Å². The van der Waals surface area contributed by atoms with Crippen molar-refractivity contribution in [2.24, 2.45) is 17.8 Å². The molecule has 0 heterocycles. The van der Waals surface area contributed by atoms with Crippen LogP contribution < -0.4 is 0 Å². The first kappa shape index (κ1) is 22.2. The van der Waals surface area contributed by atoms with Crippen LogP contribution in [-0.4, -0.2) is 24.1 Å². The zero-order valence-electron chi connectivity index (χ0n) is 19.6. The maximum absolute atomic E-state index is 13.2. The molecule has 3 aliphatic carbocycles. The van der Waals surface area contributed by atoms with Crippen molar-refractivity contribution in [3.05, 3.63) is 106 Å². The lowest BCUT2D eigenvalue weighted by molar-refractivity contribution is -0.0698. The Bertz CT molecular complexity index is 1420. The molecule has 6 rings (SSSR count). The van der Waals surface area contributed by atoms with Gasteiger partial charge in [-0.15, -0.1) is 12.8 Å². The van der Waals surface area contributed by atoms with Crippen LogP contribution in [0.25, 0.3) is 0 Å². The minimum absolute atomic E-state index is 0.0965. The third-order valence-electron chi connectivity index (χ3n) is 8.12. The van der Waals surface area contributed by atoms with Gasteiger partial charge in [-0.2, -0.15) is 0 Å². The lowest BCUT2D eigenvalue weighted by Gasteiger charge is -2.37. The predicted octanol–water partition coefficient (Wildman–Crippen LogP) is 5.01. The lowest BCUT2D eigenvalue weighted by atomic mass is 9.76. The van der Waals surface area contributed by atoms with E-state index in [2.05, 4.69) is 36.1 Å². The third kappa shape index (κ3) is 3.58. The van der Waals surface area contributed by atoms with E-state index in [0.717, 1.165) is 12.8 Å². The normalized spacial score (nSPS) is 26.8. The summed E-state index contributed by atoms with van der Waals surface area (Å²) in [5, 5.41) is 0. The van der Waals surface area contributed by atoms with Crippen LogP contribution in [0.3, 0.4) is 0 Å². The quantitative estimate of drug-likeness (QED) is 0.396. The van der Waals surface area contributed by atoms with Crippen molar-refractivity contribution in [1.29, 1.82) is 0 Å². The standard InChI is InChI=1S/C32H24O4/c1-3-19-9-13-21(14-10-19)31(33)35-29-26-18-27(28-24-8-6-5-7-23(24)17-25(26)28)30(29)36-32(34)22-15-11-20(4-2)12-16-22/h1-2,5-16,25-30H,17-18H2. The summed E-state index contributed by atoms with van der Waals surface area (Å²) in [6.07, 6.45) is 11.7. The highest BCUT2D eigenvalue weighted by Gasteiger charge is 2.63. The molecule has 0 aromatic heterocycles. The molecule has 2 fully saturated rings. The van der Waals surface area contributed by atoms with Crippen LogP contribution >= 0.6 is 0 Å². The van der Waals surface area contributed by atoms with Crippen molar-refractivity contribution in [2.75, 3.05) is 0 Å². The number of carbonyl (C=O) groups excluding carboxylic acids is 2. The number of benzene rings is 3. The monoisotopic (exact) mass is 472 g/mol. The molecule has 3 aromatic carbocycles. The minimum atomic E-state index is -0.517. The van der Waals surface area contributed by atoms with Gasteiger partial charge in [-0.3, -0.25) is 0 Å². The van der Waals surface area contributed by atoms with Gasteiger partial charge in [0.25, 0.3) is 0 Å². The summed E-state index contributed by atoms with van der Waals surface area (Å²) in [6.45, 7) is 0. The van der Waals surface area contributed by atoms with E-state index in [1.54, 1.807) is 48.5 Å². The highest BCUT2D eigenvalue weighted by Crippen LogP contribution is 2.62. The van der Waals surface area contributed by atoms with Crippen LogP contribution in [0.4, 0.5) is 0 Å². The van der Waals surface area contributed by atoms with E-state index in [4.69, 9.17) is 22.3 Å². The van der Waals surface area contributed by atoms with Crippen molar-refractivity contribution in [3.63, 3.8) is 0 Å². The number of fused-ring (bicyclic) bond motifs is 7. The first-order chi connectivity index (χ1) is 17.6. The Labute approximate surface area is 210 Å². The Balaban J connectivity index is 1.29. The molecule has 176 valence electrons. The molecule has 3 aliphatic rings. The smallest absolute Gasteiger partial charge is 0.338 e. The summed E-state index contributed by atoms with van der Waals surface area (Å²) >= 11 is 0. The molecule has 2 saturated carbocycles. The second kappa shape index (κ2) is 8.74. The van der Waals surface area contributed by atoms with Crippen molar-refractivity contribution < 1.29 is 19.1 Å². The molecule has 4 heteroatoms. The summed E-state index contributed by atoms with van der Waals surface area (Å²) < 4.78 is 12.2. The van der Waals surface area contributed by atoms with E-state index in [-0.39, 0.29) is 11.8 Å². The highest BCUT2D eigenvalue weighted by molar-refractivity contribution is 5.90. The molecule has 3 aromatic rings. The predicted molar refractivity (Wildman–Crippen MR) is 135 cm³/mol. The molecule has 36 heavy (non-hydrogen) atoms. The molecular weight excluding hydrogens is 448 g/mol. The molecule has 0 radical (unpaired) electrons. The second-order valence-corrected chi connectivity index (χ2v) is 9.84. The average molecular weight is 473 g/mol. The number of ether oxygens (including phenoxy) is 2. The Hall–Kier alpha value is -4.28. The van der Waals surface area contributed by atoms with Gasteiger partial charge < -0.3 is 9.47 Å². The third-order valence-corrected chi connectivity index (χ3v) is 8.12. The van der Waals surface area contributed by atoms with Gasteiger partial charge >= 0.3 is 11.9 Å². The number of carbonyl (C=O) groups is 2. The second-order valence-electron chi connectivity index (χ2n) is 9.84. The maximum atomic E-state index is 13.2. The largest absolute Gasteiger partial charge is 0.455 e. The van der Waals surface area contributed by atoms with Crippen LogP contribution in [0, 0.1) is 42.4 Å². The van der Waals surface area contributed by atoms with Gasteiger partial charge in [-0.25, -0.2) is 9.59 Å². The first-order valence-electron chi connectivity index (χ1n) is 12.2. The molecular formula is C32H24O4.